The fraction of sp³-hybridized carbons (Fsp3) is 0.364. The Morgan fingerprint density at radius 1 is 1.13 bits per heavy atom. The molecule has 1 aromatic heterocycles. The molecule has 0 radical (unpaired) electrons. The lowest BCUT2D eigenvalue weighted by Gasteiger charge is -2.32. The van der Waals surface area contributed by atoms with Crippen LogP contribution in [0.3, 0.4) is 0 Å². The SMILES string of the molecule is Cc1cccc(NC(=O)N2CCCC(C(=O)NCCNC(=O)c3cccnc3)C2)c1. The number of urea groups is 1. The summed E-state index contributed by atoms with van der Waals surface area (Å²) >= 11 is 0. The highest BCUT2D eigenvalue weighted by Crippen LogP contribution is 2.18. The fourth-order valence-electron chi connectivity index (χ4n) is 3.41. The molecular weight excluding hydrogens is 382 g/mol. The van der Waals surface area contributed by atoms with Gasteiger partial charge in [-0.05, 0) is 49.6 Å². The first-order valence-electron chi connectivity index (χ1n) is 10.1. The first-order valence-corrected chi connectivity index (χ1v) is 10.1. The van der Waals surface area contributed by atoms with E-state index in [1.165, 1.54) is 6.20 Å². The van der Waals surface area contributed by atoms with Crippen LogP contribution in [0.15, 0.2) is 48.8 Å². The number of aryl methyl sites for hydroxylation is 1. The second-order valence-electron chi connectivity index (χ2n) is 7.37. The van der Waals surface area contributed by atoms with E-state index in [9.17, 15) is 14.4 Å². The molecule has 158 valence electrons. The first kappa shape index (κ1) is 21.3. The molecule has 4 amide bonds. The Bertz CT molecular complexity index is 887. The first-order chi connectivity index (χ1) is 14.5. The van der Waals surface area contributed by atoms with Gasteiger partial charge < -0.3 is 20.9 Å². The van der Waals surface area contributed by atoms with E-state index in [1.807, 2.05) is 31.2 Å². The maximum atomic E-state index is 12.5. The van der Waals surface area contributed by atoms with Crippen molar-refractivity contribution in [3.8, 4) is 0 Å². The number of anilines is 1. The van der Waals surface area contributed by atoms with Gasteiger partial charge >= 0.3 is 6.03 Å². The summed E-state index contributed by atoms with van der Waals surface area (Å²) in [6.45, 7) is 3.63. The van der Waals surface area contributed by atoms with Crippen LogP contribution >= 0.6 is 0 Å². The molecule has 0 aliphatic carbocycles. The van der Waals surface area contributed by atoms with Crippen molar-refractivity contribution in [2.75, 3.05) is 31.5 Å². The Morgan fingerprint density at radius 3 is 2.73 bits per heavy atom. The summed E-state index contributed by atoms with van der Waals surface area (Å²) in [6, 6.07) is 10.8. The third kappa shape index (κ3) is 6.04. The molecule has 1 aliphatic rings. The van der Waals surface area contributed by atoms with Gasteiger partial charge in [0.1, 0.15) is 0 Å². The van der Waals surface area contributed by atoms with Gasteiger partial charge in [0.25, 0.3) is 5.91 Å². The molecule has 3 rings (SSSR count). The van der Waals surface area contributed by atoms with E-state index in [0.717, 1.165) is 24.1 Å². The monoisotopic (exact) mass is 409 g/mol. The standard InChI is InChI=1S/C22H27N5O3/c1-16-5-2-8-19(13-16)26-22(30)27-12-4-7-18(15-27)21(29)25-11-10-24-20(28)17-6-3-9-23-14-17/h2-3,5-6,8-9,13-14,18H,4,7,10-12,15H2,1H3,(H,24,28)(H,25,29)(H,26,30). The molecule has 1 aromatic carbocycles. The third-order valence-corrected chi connectivity index (χ3v) is 4.98. The van der Waals surface area contributed by atoms with Crippen LogP contribution in [0.5, 0.6) is 0 Å². The number of hydrogen-bond donors (Lipinski definition) is 3. The molecule has 2 aromatic rings. The molecular formula is C22H27N5O3. The highest BCUT2D eigenvalue weighted by molar-refractivity contribution is 5.93. The van der Waals surface area contributed by atoms with Crippen LogP contribution in [0.25, 0.3) is 0 Å². The largest absolute Gasteiger partial charge is 0.354 e. The zero-order valence-corrected chi connectivity index (χ0v) is 17.1. The van der Waals surface area contributed by atoms with E-state index < -0.39 is 0 Å². The molecule has 8 heteroatoms. The predicted octanol–water partition coefficient (Wildman–Crippen LogP) is 2.18. The van der Waals surface area contributed by atoms with Crippen molar-refractivity contribution in [2.45, 2.75) is 19.8 Å². The number of aromatic nitrogens is 1. The smallest absolute Gasteiger partial charge is 0.321 e. The zero-order chi connectivity index (χ0) is 21.3. The van der Waals surface area contributed by atoms with Crippen molar-refractivity contribution in [1.29, 1.82) is 0 Å². The average Bonchev–Trinajstić information content (AvgIpc) is 2.77. The van der Waals surface area contributed by atoms with E-state index in [0.29, 0.717) is 31.7 Å². The van der Waals surface area contributed by atoms with Crippen LogP contribution in [-0.2, 0) is 4.79 Å². The number of likely N-dealkylation sites (tertiary alicyclic amines) is 1. The molecule has 1 aliphatic heterocycles. The second-order valence-corrected chi connectivity index (χ2v) is 7.37. The van der Waals surface area contributed by atoms with Gasteiger partial charge in [0.2, 0.25) is 5.91 Å². The van der Waals surface area contributed by atoms with Crippen molar-refractivity contribution in [2.24, 2.45) is 5.92 Å². The van der Waals surface area contributed by atoms with Crippen molar-refractivity contribution >= 4 is 23.5 Å². The van der Waals surface area contributed by atoms with Crippen LogP contribution < -0.4 is 16.0 Å². The summed E-state index contributed by atoms with van der Waals surface area (Å²) in [5.74, 6) is -0.580. The molecule has 1 unspecified atom stereocenters. The van der Waals surface area contributed by atoms with Crippen molar-refractivity contribution in [1.82, 2.24) is 20.5 Å². The van der Waals surface area contributed by atoms with E-state index in [-0.39, 0.29) is 23.8 Å². The third-order valence-electron chi connectivity index (χ3n) is 4.98. The molecule has 1 saturated heterocycles. The molecule has 3 N–H and O–H groups in total. The number of benzene rings is 1. The van der Waals surface area contributed by atoms with E-state index in [2.05, 4.69) is 20.9 Å². The highest BCUT2D eigenvalue weighted by Gasteiger charge is 2.28. The Labute approximate surface area is 176 Å². The van der Waals surface area contributed by atoms with E-state index >= 15 is 0 Å². The van der Waals surface area contributed by atoms with E-state index in [4.69, 9.17) is 0 Å². The van der Waals surface area contributed by atoms with Gasteiger partial charge in [-0.25, -0.2) is 4.79 Å². The fourth-order valence-corrected chi connectivity index (χ4v) is 3.41. The summed E-state index contributed by atoms with van der Waals surface area (Å²) in [7, 11) is 0. The van der Waals surface area contributed by atoms with Gasteiger partial charge in [0, 0.05) is 44.3 Å². The number of nitrogens with one attached hydrogen (secondary N) is 3. The zero-order valence-electron chi connectivity index (χ0n) is 17.1. The number of carbonyl (C=O) groups is 3. The number of pyridine rings is 1. The van der Waals surface area contributed by atoms with Crippen LogP contribution in [0.1, 0.15) is 28.8 Å². The Kier molecular flexibility index (Phi) is 7.37. The summed E-state index contributed by atoms with van der Waals surface area (Å²) < 4.78 is 0. The van der Waals surface area contributed by atoms with Crippen molar-refractivity contribution in [3.05, 3.63) is 59.9 Å². The summed E-state index contributed by atoms with van der Waals surface area (Å²) in [5.41, 5.74) is 2.29. The van der Waals surface area contributed by atoms with Crippen LogP contribution in [-0.4, -0.2) is 53.9 Å². The summed E-state index contributed by atoms with van der Waals surface area (Å²) in [4.78, 5) is 42.6. The molecule has 8 nitrogen and oxygen atoms in total. The average molecular weight is 409 g/mol. The molecule has 0 bridgehead atoms. The Hall–Kier alpha value is -3.42. The van der Waals surface area contributed by atoms with Gasteiger partial charge in [0.05, 0.1) is 11.5 Å². The van der Waals surface area contributed by atoms with Gasteiger partial charge in [-0.2, -0.15) is 0 Å². The maximum Gasteiger partial charge on any atom is 0.321 e. The van der Waals surface area contributed by atoms with Gasteiger partial charge in [-0.3, -0.25) is 14.6 Å². The normalized spacial score (nSPS) is 15.9. The Morgan fingerprint density at radius 2 is 1.97 bits per heavy atom. The number of hydrogen-bond acceptors (Lipinski definition) is 4. The van der Waals surface area contributed by atoms with Crippen LogP contribution in [0.2, 0.25) is 0 Å². The van der Waals surface area contributed by atoms with Crippen LogP contribution in [0.4, 0.5) is 10.5 Å². The quantitative estimate of drug-likeness (QED) is 0.636. The molecule has 30 heavy (non-hydrogen) atoms. The van der Waals surface area contributed by atoms with Gasteiger partial charge in [-0.15, -0.1) is 0 Å². The Balaban J connectivity index is 1.41. The van der Waals surface area contributed by atoms with Gasteiger partial charge in [-0.1, -0.05) is 12.1 Å². The summed E-state index contributed by atoms with van der Waals surface area (Å²) in [5, 5.41) is 8.49. The molecule has 2 heterocycles. The lowest BCUT2D eigenvalue weighted by molar-refractivity contribution is -0.126. The number of rotatable bonds is 6. The minimum Gasteiger partial charge on any atom is -0.354 e. The summed E-state index contributed by atoms with van der Waals surface area (Å²) in [6.07, 6.45) is 4.61. The topological polar surface area (TPSA) is 103 Å². The number of nitrogens with zero attached hydrogens (tertiary/aromatic N) is 2. The lowest BCUT2D eigenvalue weighted by atomic mass is 9.97. The second kappa shape index (κ2) is 10.4. The predicted molar refractivity (Wildman–Crippen MR) is 114 cm³/mol. The van der Waals surface area contributed by atoms with Crippen molar-refractivity contribution in [3.63, 3.8) is 0 Å². The maximum absolute atomic E-state index is 12.5. The highest BCUT2D eigenvalue weighted by atomic mass is 16.2. The van der Waals surface area contributed by atoms with Crippen LogP contribution in [0, 0.1) is 12.8 Å². The molecule has 0 spiro atoms. The van der Waals surface area contributed by atoms with E-state index in [1.54, 1.807) is 23.2 Å². The molecule has 1 atom stereocenters. The van der Waals surface area contributed by atoms with Gasteiger partial charge in [0.15, 0.2) is 0 Å². The number of carbonyl (C=O) groups excluding carboxylic acids is 3. The minimum atomic E-state index is -0.254. The lowest BCUT2D eigenvalue weighted by Crippen LogP contribution is -2.47. The number of amides is 4. The molecule has 0 saturated carbocycles. The minimum absolute atomic E-state index is 0.0984. The van der Waals surface area contributed by atoms with Crippen molar-refractivity contribution < 1.29 is 14.4 Å². The molecule has 1 fully saturated rings. The number of piperidine rings is 1.